The van der Waals surface area contributed by atoms with Gasteiger partial charge < -0.3 is 19.3 Å². The number of fused-ring (bicyclic) bond motifs is 1. The van der Waals surface area contributed by atoms with Crippen LogP contribution in [0, 0.1) is 19.3 Å². The molecule has 0 saturated carbocycles. The number of hydrogen-bond donors (Lipinski definition) is 0. The molecule has 11 heteroatoms. The summed E-state index contributed by atoms with van der Waals surface area (Å²) in [6, 6.07) is 22.8. The van der Waals surface area contributed by atoms with Gasteiger partial charge in [-0.2, -0.15) is 0 Å². The van der Waals surface area contributed by atoms with Crippen LogP contribution in [0.1, 0.15) is 65.8 Å². The van der Waals surface area contributed by atoms with Crippen molar-refractivity contribution in [3.8, 4) is 17.0 Å². The van der Waals surface area contributed by atoms with Crippen molar-refractivity contribution in [2.45, 2.75) is 58.9 Å². The van der Waals surface area contributed by atoms with Crippen LogP contribution in [0.25, 0.3) is 22.2 Å². The van der Waals surface area contributed by atoms with Crippen molar-refractivity contribution in [2.75, 3.05) is 38.3 Å². The fourth-order valence-corrected chi connectivity index (χ4v) is 7.65. The van der Waals surface area contributed by atoms with Gasteiger partial charge in [0.05, 0.1) is 41.6 Å². The molecule has 2 saturated heterocycles. The van der Waals surface area contributed by atoms with Gasteiger partial charge in [-0.15, -0.1) is 5.10 Å². The normalized spacial score (nSPS) is 17.3. The molecule has 11 nitrogen and oxygen atoms in total. The number of esters is 1. The van der Waals surface area contributed by atoms with Crippen LogP contribution in [-0.4, -0.2) is 76.0 Å². The molecule has 2 amide bonds. The molecule has 0 aliphatic carbocycles. The molecular weight excluding hydrogens is 656 g/mol. The van der Waals surface area contributed by atoms with Crippen molar-refractivity contribution >= 4 is 34.4 Å². The van der Waals surface area contributed by atoms with Crippen LogP contribution < -0.4 is 9.64 Å². The van der Waals surface area contributed by atoms with Crippen molar-refractivity contribution in [2.24, 2.45) is 5.41 Å². The summed E-state index contributed by atoms with van der Waals surface area (Å²) in [7, 11) is 1.61. The number of carbonyl (C=O) groups is 3. The highest BCUT2D eigenvalue weighted by atomic mass is 16.5. The number of anilines is 1. The minimum absolute atomic E-state index is 0.0517. The predicted octanol–water partition coefficient (Wildman–Crippen LogP) is 6.52. The van der Waals surface area contributed by atoms with Gasteiger partial charge >= 0.3 is 5.97 Å². The molecule has 5 aromatic rings. The number of nitrogens with zero attached hydrogens (tertiary/aromatic N) is 6. The van der Waals surface area contributed by atoms with Gasteiger partial charge in [-0.05, 0) is 88.4 Å². The van der Waals surface area contributed by atoms with E-state index in [0.717, 1.165) is 51.1 Å². The smallest absolute Gasteiger partial charge is 0.312 e. The van der Waals surface area contributed by atoms with Gasteiger partial charge in [0, 0.05) is 48.9 Å². The number of aryl methyl sites for hydroxylation is 2. The standard InChI is InChI=1S/C41H44N6O5/c1-5-52-40(50)41(25-29-26-47(44-43-29)37-11-8-20-46(39(37)49)30-13-15-31(51-4)16-14-30)18-21-45(22-19-41)38(48)34-24-36(32-17-12-27(2)23-28(32)3)42-35-10-7-6-9-33(34)35/h6-7,9-10,12-17,23-24,26,37H,5,8,11,18-22,25H2,1-4H3. The van der Waals surface area contributed by atoms with Gasteiger partial charge in [-0.3, -0.25) is 14.4 Å². The number of methoxy groups -OCH3 is 1. The number of likely N-dealkylation sites (tertiary alicyclic amines) is 1. The van der Waals surface area contributed by atoms with Gasteiger partial charge in [0.25, 0.3) is 11.8 Å². The Kier molecular flexibility index (Phi) is 9.77. The van der Waals surface area contributed by atoms with E-state index < -0.39 is 11.5 Å². The quantitative estimate of drug-likeness (QED) is 0.160. The molecule has 4 heterocycles. The minimum atomic E-state index is -0.885. The molecule has 52 heavy (non-hydrogen) atoms. The van der Waals surface area contributed by atoms with Gasteiger partial charge in [0.15, 0.2) is 0 Å². The van der Waals surface area contributed by atoms with Crippen molar-refractivity contribution < 1.29 is 23.9 Å². The second-order valence-corrected chi connectivity index (χ2v) is 13.9. The molecular formula is C41H44N6O5. The lowest BCUT2D eigenvalue weighted by Crippen LogP contribution is -2.48. The zero-order chi connectivity index (χ0) is 36.4. The molecule has 2 fully saturated rings. The number of ether oxygens (including phenoxy) is 2. The number of benzene rings is 3. The van der Waals surface area contributed by atoms with E-state index in [1.807, 2.05) is 59.5 Å². The van der Waals surface area contributed by atoms with E-state index in [2.05, 4.69) is 42.4 Å². The summed E-state index contributed by atoms with van der Waals surface area (Å²) in [6.45, 7) is 7.53. The maximum absolute atomic E-state index is 14.3. The summed E-state index contributed by atoms with van der Waals surface area (Å²) >= 11 is 0. The number of carbonyl (C=O) groups excluding carboxylic acids is 3. The number of pyridine rings is 1. The van der Waals surface area contributed by atoms with Gasteiger partial charge in [0.2, 0.25) is 0 Å². The number of aromatic nitrogens is 4. The number of hydrogen-bond acceptors (Lipinski definition) is 8. The molecule has 7 rings (SSSR count). The van der Waals surface area contributed by atoms with Gasteiger partial charge in [-0.1, -0.05) is 47.2 Å². The lowest BCUT2D eigenvalue weighted by Gasteiger charge is -2.39. The number of rotatable bonds is 9. The molecule has 268 valence electrons. The summed E-state index contributed by atoms with van der Waals surface area (Å²) in [4.78, 5) is 50.1. The predicted molar refractivity (Wildman–Crippen MR) is 198 cm³/mol. The maximum atomic E-state index is 14.3. The van der Waals surface area contributed by atoms with E-state index in [0.29, 0.717) is 56.6 Å². The molecule has 2 aliphatic heterocycles. The Morgan fingerprint density at radius 1 is 0.962 bits per heavy atom. The number of piperidine rings is 2. The highest BCUT2D eigenvalue weighted by molar-refractivity contribution is 6.07. The monoisotopic (exact) mass is 700 g/mol. The molecule has 3 aromatic carbocycles. The Morgan fingerprint density at radius 3 is 2.46 bits per heavy atom. The second-order valence-electron chi connectivity index (χ2n) is 13.9. The average molecular weight is 701 g/mol. The van der Waals surface area contributed by atoms with Crippen molar-refractivity contribution in [3.05, 3.63) is 101 Å². The van der Waals surface area contributed by atoms with Crippen LogP contribution in [0.4, 0.5) is 5.69 Å². The number of para-hydroxylation sites is 1. The van der Waals surface area contributed by atoms with E-state index >= 15 is 0 Å². The lowest BCUT2D eigenvalue weighted by molar-refractivity contribution is -0.158. The van der Waals surface area contributed by atoms with E-state index in [-0.39, 0.29) is 24.4 Å². The van der Waals surface area contributed by atoms with Crippen LogP contribution >= 0.6 is 0 Å². The molecule has 2 aromatic heterocycles. The van der Waals surface area contributed by atoms with Crippen molar-refractivity contribution in [1.29, 1.82) is 0 Å². The molecule has 1 unspecified atom stereocenters. The molecule has 0 bridgehead atoms. The first-order valence-corrected chi connectivity index (χ1v) is 18.0. The third-order valence-electron chi connectivity index (χ3n) is 10.5. The summed E-state index contributed by atoms with van der Waals surface area (Å²) in [5.74, 6) is 0.279. The molecule has 2 aliphatic rings. The van der Waals surface area contributed by atoms with Gasteiger partial charge in [0.1, 0.15) is 11.8 Å². The van der Waals surface area contributed by atoms with E-state index in [4.69, 9.17) is 14.5 Å². The first kappa shape index (κ1) is 34.9. The third-order valence-corrected chi connectivity index (χ3v) is 10.5. The summed E-state index contributed by atoms with van der Waals surface area (Å²) in [6.07, 6.45) is 4.36. The first-order valence-electron chi connectivity index (χ1n) is 18.0. The second kappa shape index (κ2) is 14.6. The van der Waals surface area contributed by atoms with Crippen LogP contribution in [-0.2, 0) is 20.7 Å². The largest absolute Gasteiger partial charge is 0.497 e. The SMILES string of the molecule is CCOC(=O)C1(Cc2cn(C3CCCN(c4ccc(OC)cc4)C3=O)nn2)CCN(C(=O)c2cc(-c3ccc(C)cc3C)nc3ccccc23)CC1. The Bertz CT molecular complexity index is 2120. The fourth-order valence-electron chi connectivity index (χ4n) is 7.65. The van der Waals surface area contributed by atoms with Crippen molar-refractivity contribution in [3.63, 3.8) is 0 Å². The van der Waals surface area contributed by atoms with Crippen molar-refractivity contribution in [1.82, 2.24) is 24.9 Å². The highest BCUT2D eigenvalue weighted by Crippen LogP contribution is 2.38. The van der Waals surface area contributed by atoms with Crippen LogP contribution in [0.15, 0.2) is 79.0 Å². The van der Waals surface area contributed by atoms with Crippen LogP contribution in [0.5, 0.6) is 5.75 Å². The Morgan fingerprint density at radius 2 is 1.73 bits per heavy atom. The van der Waals surface area contributed by atoms with E-state index in [1.165, 1.54) is 0 Å². The van der Waals surface area contributed by atoms with Crippen LogP contribution in [0.3, 0.4) is 0 Å². The summed E-state index contributed by atoms with van der Waals surface area (Å²) < 4.78 is 12.5. The Hall–Kier alpha value is -5.58. The first-order chi connectivity index (χ1) is 25.2. The zero-order valence-electron chi connectivity index (χ0n) is 30.2. The zero-order valence-corrected chi connectivity index (χ0v) is 30.2. The molecule has 0 radical (unpaired) electrons. The van der Waals surface area contributed by atoms with Crippen LogP contribution in [0.2, 0.25) is 0 Å². The Labute approximate surface area is 303 Å². The lowest BCUT2D eigenvalue weighted by atomic mass is 9.74. The minimum Gasteiger partial charge on any atom is -0.497 e. The maximum Gasteiger partial charge on any atom is 0.312 e. The van der Waals surface area contributed by atoms with E-state index in [1.54, 1.807) is 29.8 Å². The van der Waals surface area contributed by atoms with Gasteiger partial charge in [-0.25, -0.2) is 9.67 Å². The molecule has 0 N–H and O–H groups in total. The topological polar surface area (TPSA) is 120 Å². The third kappa shape index (κ3) is 6.75. The van der Waals surface area contributed by atoms with E-state index in [9.17, 15) is 14.4 Å². The average Bonchev–Trinajstić information content (AvgIpc) is 3.62. The molecule has 0 spiro atoms. The molecule has 1 atom stereocenters. The highest BCUT2D eigenvalue weighted by Gasteiger charge is 2.45. The summed E-state index contributed by atoms with van der Waals surface area (Å²) in [5, 5.41) is 9.62. The number of amides is 2. The fraction of sp³-hybridized carbons (Fsp3) is 0.366. The Balaban J connectivity index is 1.10. The summed E-state index contributed by atoms with van der Waals surface area (Å²) in [5.41, 5.74) is 5.88.